The van der Waals surface area contributed by atoms with Gasteiger partial charge in [-0.1, -0.05) is 37.1 Å². The number of carbonyl (C=O) groups is 2. The van der Waals surface area contributed by atoms with Gasteiger partial charge in [0.2, 0.25) is 0 Å². The third-order valence-electron chi connectivity index (χ3n) is 6.66. The number of aryl methyl sites for hydroxylation is 1. The van der Waals surface area contributed by atoms with Crippen LogP contribution in [0.3, 0.4) is 0 Å². The van der Waals surface area contributed by atoms with Crippen molar-refractivity contribution in [1.82, 2.24) is 0 Å². The Morgan fingerprint density at radius 1 is 0.756 bits per heavy atom. The predicted octanol–water partition coefficient (Wildman–Crippen LogP) is 7.08. The van der Waals surface area contributed by atoms with Gasteiger partial charge in [-0.15, -0.1) is 0 Å². The molecule has 2 N–H and O–H groups in total. The van der Waals surface area contributed by atoms with E-state index in [-0.39, 0.29) is 25.3 Å². The first-order chi connectivity index (χ1) is 19.9. The number of ether oxygens (including phenoxy) is 3. The summed E-state index contributed by atoms with van der Waals surface area (Å²) in [6.45, 7) is 1.26. The van der Waals surface area contributed by atoms with E-state index in [1.807, 2.05) is 42.5 Å². The first-order valence-electron chi connectivity index (χ1n) is 14.0. The SMILES string of the molecule is COCc1cc(OCCCCCCc2cccc(OCCCC(=O)O)c2CCC(=O)O)cc(-c2cccc(F)c2)c1. The second-order valence-corrected chi connectivity index (χ2v) is 9.95. The number of hydrogen-bond donors (Lipinski definition) is 2. The fourth-order valence-corrected chi connectivity index (χ4v) is 4.69. The van der Waals surface area contributed by atoms with Crippen LogP contribution >= 0.6 is 0 Å². The number of unbranched alkanes of at least 4 members (excludes halogenated alkanes) is 3. The number of carboxylic acids is 2. The molecule has 0 spiro atoms. The lowest BCUT2D eigenvalue weighted by atomic mass is 9.97. The van der Waals surface area contributed by atoms with Crippen LogP contribution in [0.25, 0.3) is 11.1 Å². The van der Waals surface area contributed by atoms with Gasteiger partial charge in [0.15, 0.2) is 0 Å². The summed E-state index contributed by atoms with van der Waals surface area (Å²) in [5.74, 6) is -0.663. The Morgan fingerprint density at radius 3 is 2.27 bits per heavy atom. The summed E-state index contributed by atoms with van der Waals surface area (Å²) in [6.07, 6.45) is 5.38. The summed E-state index contributed by atoms with van der Waals surface area (Å²) in [5.41, 5.74) is 4.57. The summed E-state index contributed by atoms with van der Waals surface area (Å²) in [5, 5.41) is 18.0. The molecule has 0 bridgehead atoms. The average molecular weight is 567 g/mol. The topological polar surface area (TPSA) is 102 Å². The van der Waals surface area contributed by atoms with Gasteiger partial charge in [-0.2, -0.15) is 0 Å². The number of hydrogen-bond acceptors (Lipinski definition) is 5. The van der Waals surface area contributed by atoms with Crippen molar-refractivity contribution in [3.05, 3.63) is 83.2 Å². The average Bonchev–Trinajstić information content (AvgIpc) is 2.94. The van der Waals surface area contributed by atoms with E-state index in [9.17, 15) is 19.1 Å². The van der Waals surface area contributed by atoms with E-state index in [0.717, 1.165) is 65.7 Å². The molecule has 0 atom stereocenters. The molecule has 0 radical (unpaired) electrons. The molecule has 0 aliphatic heterocycles. The van der Waals surface area contributed by atoms with E-state index in [1.165, 1.54) is 12.1 Å². The van der Waals surface area contributed by atoms with Crippen LogP contribution in [0.15, 0.2) is 60.7 Å². The van der Waals surface area contributed by atoms with Gasteiger partial charge in [-0.05, 0) is 96.3 Å². The van der Waals surface area contributed by atoms with Crippen molar-refractivity contribution >= 4 is 11.9 Å². The number of halogens is 1. The van der Waals surface area contributed by atoms with Crippen molar-refractivity contribution in [3.63, 3.8) is 0 Å². The lowest BCUT2D eigenvalue weighted by Gasteiger charge is -2.15. The molecule has 41 heavy (non-hydrogen) atoms. The normalized spacial score (nSPS) is 10.9. The van der Waals surface area contributed by atoms with Crippen LogP contribution in [0.1, 0.15) is 61.6 Å². The van der Waals surface area contributed by atoms with Gasteiger partial charge in [0, 0.05) is 20.0 Å². The van der Waals surface area contributed by atoms with Gasteiger partial charge in [0.25, 0.3) is 0 Å². The second kappa shape index (κ2) is 17.0. The van der Waals surface area contributed by atoms with Crippen LogP contribution in [0.5, 0.6) is 11.5 Å². The van der Waals surface area contributed by atoms with Crippen molar-refractivity contribution in [2.75, 3.05) is 20.3 Å². The number of methoxy groups -OCH3 is 1. The molecular formula is C33H39FO7. The zero-order valence-electron chi connectivity index (χ0n) is 23.6. The van der Waals surface area contributed by atoms with Crippen LogP contribution in [0.2, 0.25) is 0 Å². The maximum absolute atomic E-state index is 13.8. The molecule has 7 nitrogen and oxygen atoms in total. The van der Waals surface area contributed by atoms with Gasteiger partial charge in [0.05, 0.1) is 19.8 Å². The van der Waals surface area contributed by atoms with Gasteiger partial charge >= 0.3 is 11.9 Å². The Kier molecular flexibility index (Phi) is 13.1. The summed E-state index contributed by atoms with van der Waals surface area (Å²) in [4.78, 5) is 22.0. The smallest absolute Gasteiger partial charge is 0.303 e. The minimum atomic E-state index is -0.868. The molecule has 0 aliphatic rings. The molecule has 0 saturated heterocycles. The number of carboxylic acid groups (broad SMARTS) is 2. The molecule has 3 aromatic rings. The standard InChI is InChI=1S/C33H39FO7/c1-39-23-24-19-27(26-11-6-12-28(34)21-26)22-29(20-24)40-17-5-3-2-4-9-25-10-7-13-31(30(25)15-16-33(37)38)41-18-8-14-32(35)36/h6-7,10-13,19-22H,2-5,8-9,14-18,23H2,1H3,(H,35,36)(H,37,38). The van der Waals surface area contributed by atoms with Crippen molar-refractivity contribution in [2.45, 2.75) is 64.4 Å². The van der Waals surface area contributed by atoms with Crippen molar-refractivity contribution < 1.29 is 38.4 Å². The summed E-state index contributed by atoms with van der Waals surface area (Å²) >= 11 is 0. The number of aliphatic carboxylic acids is 2. The fraction of sp³-hybridized carbons (Fsp3) is 0.394. The minimum Gasteiger partial charge on any atom is -0.494 e. The molecular weight excluding hydrogens is 527 g/mol. The monoisotopic (exact) mass is 566 g/mol. The van der Waals surface area contributed by atoms with Crippen LogP contribution in [-0.4, -0.2) is 42.5 Å². The van der Waals surface area contributed by atoms with E-state index in [1.54, 1.807) is 13.2 Å². The van der Waals surface area contributed by atoms with E-state index in [2.05, 4.69) is 0 Å². The third-order valence-corrected chi connectivity index (χ3v) is 6.66. The van der Waals surface area contributed by atoms with Gasteiger partial charge in [0.1, 0.15) is 17.3 Å². The van der Waals surface area contributed by atoms with Gasteiger partial charge < -0.3 is 24.4 Å². The molecule has 0 aromatic heterocycles. The van der Waals surface area contributed by atoms with E-state index < -0.39 is 11.9 Å². The molecule has 0 fully saturated rings. The van der Waals surface area contributed by atoms with Gasteiger partial charge in [-0.3, -0.25) is 9.59 Å². The molecule has 3 aromatic carbocycles. The van der Waals surface area contributed by atoms with Gasteiger partial charge in [-0.25, -0.2) is 4.39 Å². The quantitative estimate of drug-likeness (QED) is 0.149. The van der Waals surface area contributed by atoms with Crippen LogP contribution in [0.4, 0.5) is 4.39 Å². The third kappa shape index (κ3) is 11.2. The molecule has 3 rings (SSSR count). The highest BCUT2D eigenvalue weighted by molar-refractivity contribution is 5.68. The van der Waals surface area contributed by atoms with Crippen molar-refractivity contribution in [2.24, 2.45) is 0 Å². The van der Waals surface area contributed by atoms with Crippen LogP contribution in [0, 0.1) is 5.82 Å². The molecule has 0 unspecified atom stereocenters. The number of benzene rings is 3. The highest BCUT2D eigenvalue weighted by Crippen LogP contribution is 2.28. The van der Waals surface area contributed by atoms with E-state index in [4.69, 9.17) is 19.3 Å². The molecule has 0 heterocycles. The van der Waals surface area contributed by atoms with E-state index >= 15 is 0 Å². The predicted molar refractivity (Wildman–Crippen MR) is 155 cm³/mol. The Bertz CT molecular complexity index is 1270. The molecule has 8 heteroatoms. The number of rotatable bonds is 19. The molecule has 0 saturated carbocycles. The highest BCUT2D eigenvalue weighted by atomic mass is 19.1. The summed E-state index contributed by atoms with van der Waals surface area (Å²) < 4.78 is 30.9. The zero-order valence-corrected chi connectivity index (χ0v) is 23.6. The lowest BCUT2D eigenvalue weighted by molar-refractivity contribution is -0.138. The Balaban J connectivity index is 1.50. The van der Waals surface area contributed by atoms with Crippen molar-refractivity contribution in [3.8, 4) is 22.6 Å². The molecule has 0 aliphatic carbocycles. The second-order valence-electron chi connectivity index (χ2n) is 9.95. The van der Waals surface area contributed by atoms with Crippen molar-refractivity contribution in [1.29, 1.82) is 0 Å². The Labute approximate surface area is 240 Å². The van der Waals surface area contributed by atoms with E-state index in [0.29, 0.717) is 31.8 Å². The largest absolute Gasteiger partial charge is 0.494 e. The maximum atomic E-state index is 13.8. The van der Waals surface area contributed by atoms with Crippen LogP contribution in [-0.2, 0) is 33.8 Å². The van der Waals surface area contributed by atoms with Crippen LogP contribution < -0.4 is 9.47 Å². The summed E-state index contributed by atoms with van der Waals surface area (Å²) in [6, 6.07) is 18.1. The molecule has 220 valence electrons. The first-order valence-corrected chi connectivity index (χ1v) is 14.0. The highest BCUT2D eigenvalue weighted by Gasteiger charge is 2.12. The molecule has 0 amide bonds. The lowest BCUT2D eigenvalue weighted by Crippen LogP contribution is -2.07. The first kappa shape index (κ1) is 31.6. The summed E-state index contributed by atoms with van der Waals surface area (Å²) in [7, 11) is 1.64. The Hall–Kier alpha value is -3.91. The minimum absolute atomic E-state index is 0.00630. The zero-order chi connectivity index (χ0) is 29.5. The fourth-order valence-electron chi connectivity index (χ4n) is 4.69. The Morgan fingerprint density at radius 2 is 1.51 bits per heavy atom. The maximum Gasteiger partial charge on any atom is 0.303 e.